The van der Waals surface area contributed by atoms with Crippen LogP contribution in [0.1, 0.15) is 19.4 Å². The lowest BCUT2D eigenvalue weighted by Crippen LogP contribution is -2.37. The topological polar surface area (TPSA) is 59.6 Å². The second-order valence-electron chi connectivity index (χ2n) is 4.65. The van der Waals surface area contributed by atoms with E-state index in [1.807, 2.05) is 13.8 Å². The van der Waals surface area contributed by atoms with Gasteiger partial charge in [0.2, 0.25) is 5.91 Å². The van der Waals surface area contributed by atoms with Gasteiger partial charge in [0, 0.05) is 18.2 Å². The molecule has 0 aromatic heterocycles. The fourth-order valence-electron chi connectivity index (χ4n) is 1.77. The Morgan fingerprint density at radius 2 is 2.05 bits per heavy atom. The minimum Gasteiger partial charge on any atom is -0.493 e. The van der Waals surface area contributed by atoms with Crippen LogP contribution in [0.2, 0.25) is 0 Å². The molecule has 118 valence electrons. The van der Waals surface area contributed by atoms with Crippen molar-refractivity contribution in [2.24, 2.45) is 0 Å². The van der Waals surface area contributed by atoms with Crippen LogP contribution in [0.4, 0.5) is 8.78 Å². The van der Waals surface area contributed by atoms with Crippen molar-refractivity contribution in [1.82, 2.24) is 10.6 Å². The quantitative estimate of drug-likeness (QED) is 0.770. The summed E-state index contributed by atoms with van der Waals surface area (Å²) in [6.45, 7) is 1.07. The van der Waals surface area contributed by atoms with Gasteiger partial charge in [-0.2, -0.15) is 8.78 Å². The maximum atomic E-state index is 12.4. The molecule has 0 spiro atoms. The minimum atomic E-state index is -2.94. The molecule has 1 aromatic carbocycles. The Morgan fingerprint density at radius 1 is 1.33 bits per heavy atom. The lowest BCUT2D eigenvalue weighted by Gasteiger charge is -2.15. The fourth-order valence-corrected chi connectivity index (χ4v) is 1.77. The zero-order valence-electron chi connectivity index (χ0n) is 12.3. The zero-order valence-corrected chi connectivity index (χ0v) is 12.3. The zero-order chi connectivity index (χ0) is 15.8. The molecule has 0 bridgehead atoms. The number of ether oxygens (including phenoxy) is 2. The van der Waals surface area contributed by atoms with Crippen LogP contribution in [-0.2, 0) is 11.3 Å². The molecule has 0 fully saturated rings. The molecular weight excluding hydrogens is 282 g/mol. The van der Waals surface area contributed by atoms with Gasteiger partial charge in [-0.05, 0) is 19.9 Å². The van der Waals surface area contributed by atoms with E-state index < -0.39 is 6.61 Å². The van der Waals surface area contributed by atoms with Crippen LogP contribution in [0.15, 0.2) is 18.2 Å². The summed E-state index contributed by atoms with van der Waals surface area (Å²) in [5.74, 6) is 0.0391. The molecule has 1 amide bonds. The third-order valence-electron chi connectivity index (χ3n) is 2.54. The molecule has 5 nitrogen and oxygen atoms in total. The first-order chi connectivity index (χ1) is 9.93. The summed E-state index contributed by atoms with van der Waals surface area (Å²) in [4.78, 5) is 11.5. The highest BCUT2D eigenvalue weighted by atomic mass is 19.3. The Morgan fingerprint density at radius 3 is 2.62 bits per heavy atom. The molecule has 1 rings (SSSR count). The van der Waals surface area contributed by atoms with Gasteiger partial charge < -0.3 is 20.1 Å². The lowest BCUT2D eigenvalue weighted by molar-refractivity contribution is -0.120. The van der Waals surface area contributed by atoms with Gasteiger partial charge in [-0.1, -0.05) is 12.1 Å². The van der Waals surface area contributed by atoms with Crippen molar-refractivity contribution in [2.45, 2.75) is 33.0 Å². The number of carbonyl (C=O) groups is 1. The molecule has 0 saturated heterocycles. The molecule has 1 aromatic rings. The van der Waals surface area contributed by atoms with Crippen LogP contribution in [-0.4, -0.2) is 32.2 Å². The van der Waals surface area contributed by atoms with Crippen LogP contribution in [0.5, 0.6) is 11.5 Å². The molecule has 0 aliphatic rings. The number of halogens is 2. The van der Waals surface area contributed by atoms with Gasteiger partial charge in [0.05, 0.1) is 13.7 Å². The second-order valence-corrected chi connectivity index (χ2v) is 4.65. The number of para-hydroxylation sites is 1. The first-order valence-electron chi connectivity index (χ1n) is 6.54. The largest absolute Gasteiger partial charge is 0.493 e. The lowest BCUT2D eigenvalue weighted by atomic mass is 10.2. The molecule has 0 saturated carbocycles. The van der Waals surface area contributed by atoms with E-state index >= 15 is 0 Å². The summed E-state index contributed by atoms with van der Waals surface area (Å²) < 4.78 is 34.4. The maximum absolute atomic E-state index is 12.4. The van der Waals surface area contributed by atoms with Crippen molar-refractivity contribution in [2.75, 3.05) is 13.7 Å². The first kappa shape index (κ1) is 17.2. The average molecular weight is 302 g/mol. The summed E-state index contributed by atoms with van der Waals surface area (Å²) in [6.07, 6.45) is 0. The SMILES string of the molecule is COc1cccc(CNCC(=O)NC(C)C)c1OC(F)F. The number of hydrogen-bond acceptors (Lipinski definition) is 4. The summed E-state index contributed by atoms with van der Waals surface area (Å²) in [5.41, 5.74) is 0.493. The molecule has 21 heavy (non-hydrogen) atoms. The highest BCUT2D eigenvalue weighted by Gasteiger charge is 2.15. The van der Waals surface area contributed by atoms with E-state index in [4.69, 9.17) is 4.74 Å². The molecule has 2 N–H and O–H groups in total. The smallest absolute Gasteiger partial charge is 0.387 e. The number of benzene rings is 1. The van der Waals surface area contributed by atoms with E-state index in [1.54, 1.807) is 12.1 Å². The number of methoxy groups -OCH3 is 1. The van der Waals surface area contributed by atoms with Crippen LogP contribution >= 0.6 is 0 Å². The van der Waals surface area contributed by atoms with E-state index in [0.717, 1.165) is 0 Å². The molecule has 7 heteroatoms. The molecule has 0 aliphatic heterocycles. The normalized spacial score (nSPS) is 10.8. The van der Waals surface area contributed by atoms with Crippen molar-refractivity contribution >= 4 is 5.91 Å². The summed E-state index contributed by atoms with van der Waals surface area (Å²) >= 11 is 0. The number of alkyl halides is 2. The van der Waals surface area contributed by atoms with E-state index in [0.29, 0.717) is 5.56 Å². The third-order valence-corrected chi connectivity index (χ3v) is 2.54. The highest BCUT2D eigenvalue weighted by Crippen LogP contribution is 2.32. The van der Waals surface area contributed by atoms with Crippen molar-refractivity contribution in [3.05, 3.63) is 23.8 Å². The van der Waals surface area contributed by atoms with Gasteiger partial charge in [-0.3, -0.25) is 4.79 Å². The number of nitrogens with one attached hydrogen (secondary N) is 2. The van der Waals surface area contributed by atoms with Gasteiger partial charge >= 0.3 is 6.61 Å². The van der Waals surface area contributed by atoms with Crippen LogP contribution < -0.4 is 20.1 Å². The van der Waals surface area contributed by atoms with Gasteiger partial charge in [-0.15, -0.1) is 0 Å². The summed E-state index contributed by atoms with van der Waals surface area (Å²) in [6, 6.07) is 4.89. The van der Waals surface area contributed by atoms with Crippen LogP contribution in [0.25, 0.3) is 0 Å². The van der Waals surface area contributed by atoms with E-state index in [2.05, 4.69) is 15.4 Å². The van der Waals surface area contributed by atoms with Crippen LogP contribution in [0, 0.1) is 0 Å². The maximum Gasteiger partial charge on any atom is 0.387 e. The van der Waals surface area contributed by atoms with Crippen molar-refractivity contribution in [3.8, 4) is 11.5 Å². The molecule has 0 radical (unpaired) electrons. The predicted molar refractivity (Wildman–Crippen MR) is 74.6 cm³/mol. The molecule has 0 unspecified atom stereocenters. The standard InChI is InChI=1S/C14H20F2N2O3/c1-9(2)18-12(19)8-17-7-10-5-4-6-11(20-3)13(10)21-14(15)16/h4-6,9,14,17H,7-8H2,1-3H3,(H,18,19). The summed E-state index contributed by atoms with van der Waals surface area (Å²) in [7, 11) is 1.38. The Labute approximate surface area is 122 Å². The van der Waals surface area contributed by atoms with Crippen molar-refractivity contribution in [3.63, 3.8) is 0 Å². The van der Waals surface area contributed by atoms with Gasteiger partial charge in [0.1, 0.15) is 0 Å². The minimum absolute atomic E-state index is 0.0215. The summed E-state index contributed by atoms with van der Waals surface area (Å²) in [5, 5.41) is 5.60. The molecule has 0 atom stereocenters. The second kappa shape index (κ2) is 8.41. The number of carbonyl (C=O) groups excluding carboxylic acids is 1. The molecule has 0 heterocycles. The third kappa shape index (κ3) is 5.95. The average Bonchev–Trinajstić information content (AvgIpc) is 2.39. The van der Waals surface area contributed by atoms with E-state index in [-0.39, 0.29) is 36.5 Å². The van der Waals surface area contributed by atoms with Crippen molar-refractivity contribution in [1.29, 1.82) is 0 Å². The first-order valence-corrected chi connectivity index (χ1v) is 6.54. The predicted octanol–water partition coefficient (Wildman–Crippen LogP) is 1.91. The van der Waals surface area contributed by atoms with E-state index in [1.165, 1.54) is 13.2 Å². The monoisotopic (exact) mass is 302 g/mol. The number of rotatable bonds is 8. The van der Waals surface area contributed by atoms with Crippen LogP contribution in [0.3, 0.4) is 0 Å². The van der Waals surface area contributed by atoms with Crippen molar-refractivity contribution < 1.29 is 23.0 Å². The Kier molecular flexibility index (Phi) is 6.87. The van der Waals surface area contributed by atoms with Gasteiger partial charge in [0.25, 0.3) is 0 Å². The Balaban J connectivity index is 2.67. The number of hydrogen-bond donors (Lipinski definition) is 2. The fraction of sp³-hybridized carbons (Fsp3) is 0.500. The number of amides is 1. The molecule has 0 aliphatic carbocycles. The van der Waals surface area contributed by atoms with Gasteiger partial charge in [0.15, 0.2) is 11.5 Å². The Bertz CT molecular complexity index is 468. The highest BCUT2D eigenvalue weighted by molar-refractivity contribution is 5.78. The Hall–Kier alpha value is -1.89. The molecular formula is C14H20F2N2O3. The van der Waals surface area contributed by atoms with Gasteiger partial charge in [-0.25, -0.2) is 0 Å². The van der Waals surface area contributed by atoms with E-state index in [9.17, 15) is 13.6 Å².